The van der Waals surface area contributed by atoms with Crippen molar-refractivity contribution >= 4 is 28.1 Å². The average molecular weight is 331 g/mol. The Bertz CT molecular complexity index is 785. The van der Waals surface area contributed by atoms with E-state index < -0.39 is 4.92 Å². The van der Waals surface area contributed by atoms with Crippen LogP contribution in [0, 0.1) is 23.0 Å². The van der Waals surface area contributed by atoms with E-state index in [1.54, 1.807) is 6.92 Å². The Morgan fingerprint density at radius 2 is 2.26 bits per heavy atom. The van der Waals surface area contributed by atoms with Crippen molar-refractivity contribution in [1.29, 1.82) is 0 Å². The van der Waals surface area contributed by atoms with Crippen LogP contribution in [0.1, 0.15) is 39.8 Å². The highest BCUT2D eigenvalue weighted by atomic mass is 32.1. The van der Waals surface area contributed by atoms with E-state index in [-0.39, 0.29) is 11.6 Å². The SMILES string of the molecule is Cc1cc(C(=O)Nc2nc3c(s2)CC(C)CC3)ccc1[N+](=O)[O-]. The molecular formula is C16H17N3O3S. The summed E-state index contributed by atoms with van der Waals surface area (Å²) in [5.74, 6) is 0.367. The fourth-order valence-corrected chi connectivity index (χ4v) is 3.93. The van der Waals surface area contributed by atoms with Gasteiger partial charge >= 0.3 is 0 Å². The molecule has 120 valence electrons. The second-order valence-corrected chi connectivity index (χ2v) is 7.03. The van der Waals surface area contributed by atoms with Gasteiger partial charge in [-0.05, 0) is 44.2 Å². The minimum Gasteiger partial charge on any atom is -0.298 e. The summed E-state index contributed by atoms with van der Waals surface area (Å²) in [5.41, 5.74) is 1.97. The van der Waals surface area contributed by atoms with Gasteiger partial charge in [0.1, 0.15) is 0 Å². The number of hydrogen-bond donors (Lipinski definition) is 1. The first-order valence-corrected chi connectivity index (χ1v) is 8.30. The van der Waals surface area contributed by atoms with E-state index in [9.17, 15) is 14.9 Å². The van der Waals surface area contributed by atoms with Crippen molar-refractivity contribution in [1.82, 2.24) is 4.98 Å². The molecular weight excluding hydrogens is 314 g/mol. The van der Waals surface area contributed by atoms with Crippen molar-refractivity contribution in [2.75, 3.05) is 5.32 Å². The summed E-state index contributed by atoms with van der Waals surface area (Å²) in [6.45, 7) is 3.85. The number of anilines is 1. The van der Waals surface area contributed by atoms with Crippen LogP contribution in [0.5, 0.6) is 0 Å². The van der Waals surface area contributed by atoms with Gasteiger partial charge < -0.3 is 0 Å². The molecule has 6 nitrogen and oxygen atoms in total. The van der Waals surface area contributed by atoms with E-state index in [1.807, 2.05) is 0 Å². The highest BCUT2D eigenvalue weighted by molar-refractivity contribution is 7.15. The summed E-state index contributed by atoms with van der Waals surface area (Å²) in [6, 6.07) is 4.36. The van der Waals surface area contributed by atoms with Gasteiger partial charge in [-0.1, -0.05) is 6.92 Å². The number of aryl methyl sites for hydroxylation is 2. The molecule has 3 rings (SSSR count). The number of benzene rings is 1. The van der Waals surface area contributed by atoms with Crippen LogP contribution in [0.3, 0.4) is 0 Å². The Morgan fingerprint density at radius 3 is 2.96 bits per heavy atom. The van der Waals surface area contributed by atoms with Crippen LogP contribution < -0.4 is 5.32 Å². The fraction of sp³-hybridized carbons (Fsp3) is 0.375. The van der Waals surface area contributed by atoms with Crippen LogP contribution >= 0.6 is 11.3 Å². The number of nitrogens with zero attached hydrogens (tertiary/aromatic N) is 2. The van der Waals surface area contributed by atoms with Crippen molar-refractivity contribution < 1.29 is 9.72 Å². The second kappa shape index (κ2) is 6.08. The number of fused-ring (bicyclic) bond motifs is 1. The minimum absolute atomic E-state index is 0.0141. The van der Waals surface area contributed by atoms with Crippen LogP contribution in [0.4, 0.5) is 10.8 Å². The zero-order valence-electron chi connectivity index (χ0n) is 13.0. The second-order valence-electron chi connectivity index (χ2n) is 5.95. The van der Waals surface area contributed by atoms with E-state index in [4.69, 9.17) is 0 Å². The number of rotatable bonds is 3. The van der Waals surface area contributed by atoms with Gasteiger partial charge in [0.15, 0.2) is 5.13 Å². The first-order chi connectivity index (χ1) is 10.9. The Hall–Kier alpha value is -2.28. The van der Waals surface area contributed by atoms with E-state index in [2.05, 4.69) is 17.2 Å². The van der Waals surface area contributed by atoms with Crippen LogP contribution in [0.25, 0.3) is 0 Å². The van der Waals surface area contributed by atoms with Crippen molar-refractivity contribution in [2.24, 2.45) is 5.92 Å². The molecule has 0 saturated carbocycles. The fourth-order valence-electron chi connectivity index (χ4n) is 2.76. The van der Waals surface area contributed by atoms with Crippen molar-refractivity contribution in [3.05, 3.63) is 50.0 Å². The first kappa shape index (κ1) is 15.6. The van der Waals surface area contributed by atoms with E-state index >= 15 is 0 Å². The quantitative estimate of drug-likeness (QED) is 0.686. The average Bonchev–Trinajstić information content (AvgIpc) is 2.87. The monoisotopic (exact) mass is 331 g/mol. The summed E-state index contributed by atoms with van der Waals surface area (Å²) in [7, 11) is 0. The summed E-state index contributed by atoms with van der Waals surface area (Å²) >= 11 is 1.52. The van der Waals surface area contributed by atoms with Gasteiger partial charge in [0.2, 0.25) is 0 Å². The summed E-state index contributed by atoms with van der Waals surface area (Å²) in [5, 5.41) is 14.2. The van der Waals surface area contributed by atoms with E-state index in [1.165, 1.54) is 34.4 Å². The number of nitro groups is 1. The van der Waals surface area contributed by atoms with Crippen molar-refractivity contribution in [3.63, 3.8) is 0 Å². The van der Waals surface area contributed by atoms with Gasteiger partial charge in [-0.25, -0.2) is 4.98 Å². The maximum Gasteiger partial charge on any atom is 0.272 e. The third kappa shape index (κ3) is 3.24. The molecule has 1 aliphatic carbocycles. The molecule has 0 aliphatic heterocycles. The Labute approximate surface area is 137 Å². The largest absolute Gasteiger partial charge is 0.298 e. The summed E-state index contributed by atoms with van der Waals surface area (Å²) in [6.07, 6.45) is 3.10. The minimum atomic E-state index is -0.451. The molecule has 1 aromatic carbocycles. The molecule has 1 aromatic heterocycles. The Morgan fingerprint density at radius 1 is 1.48 bits per heavy atom. The molecule has 23 heavy (non-hydrogen) atoms. The topological polar surface area (TPSA) is 85.1 Å². The molecule has 0 radical (unpaired) electrons. The number of carbonyl (C=O) groups excluding carboxylic acids is 1. The van der Waals surface area contributed by atoms with Crippen LogP contribution in [-0.4, -0.2) is 15.8 Å². The Balaban J connectivity index is 1.77. The molecule has 0 bridgehead atoms. The molecule has 7 heteroatoms. The molecule has 2 aromatic rings. The lowest BCUT2D eigenvalue weighted by Gasteiger charge is -2.15. The smallest absolute Gasteiger partial charge is 0.272 e. The van der Waals surface area contributed by atoms with Crippen LogP contribution in [0.2, 0.25) is 0 Å². The first-order valence-electron chi connectivity index (χ1n) is 7.49. The number of aromatic nitrogens is 1. The number of hydrogen-bond acceptors (Lipinski definition) is 5. The number of amides is 1. The molecule has 1 amide bonds. The molecule has 1 N–H and O–H groups in total. The van der Waals surface area contributed by atoms with E-state index in [0.717, 1.165) is 25.0 Å². The van der Waals surface area contributed by atoms with Crippen LogP contribution in [-0.2, 0) is 12.8 Å². The lowest BCUT2D eigenvalue weighted by atomic mass is 9.93. The normalized spacial score (nSPS) is 16.7. The molecule has 1 unspecified atom stereocenters. The number of thiazole rings is 1. The third-order valence-electron chi connectivity index (χ3n) is 4.06. The maximum atomic E-state index is 12.3. The summed E-state index contributed by atoms with van der Waals surface area (Å²) < 4.78 is 0. The van der Waals surface area contributed by atoms with Crippen LogP contribution in [0.15, 0.2) is 18.2 Å². The predicted octanol–water partition coefficient (Wildman–Crippen LogP) is 3.74. The standard InChI is InChI=1S/C16H17N3O3S/c1-9-3-5-12-14(7-9)23-16(17-12)18-15(20)11-4-6-13(19(21)22)10(2)8-11/h4,6,8-9H,3,5,7H2,1-2H3,(H,17,18,20). The highest BCUT2D eigenvalue weighted by Gasteiger charge is 2.21. The van der Waals surface area contributed by atoms with Gasteiger partial charge in [-0.15, -0.1) is 11.3 Å². The molecule has 0 fully saturated rings. The van der Waals surface area contributed by atoms with E-state index in [0.29, 0.717) is 22.2 Å². The van der Waals surface area contributed by atoms with Gasteiger partial charge in [-0.2, -0.15) is 0 Å². The predicted molar refractivity (Wildman–Crippen MR) is 89.1 cm³/mol. The van der Waals surface area contributed by atoms with Gasteiger partial charge in [0.25, 0.3) is 11.6 Å². The van der Waals surface area contributed by atoms with Gasteiger partial charge in [0.05, 0.1) is 10.6 Å². The maximum absolute atomic E-state index is 12.3. The third-order valence-corrected chi connectivity index (χ3v) is 5.10. The molecule has 1 aliphatic rings. The van der Waals surface area contributed by atoms with Crippen molar-refractivity contribution in [2.45, 2.75) is 33.1 Å². The molecule has 1 heterocycles. The molecule has 0 saturated heterocycles. The zero-order chi connectivity index (χ0) is 16.6. The lowest BCUT2D eigenvalue weighted by molar-refractivity contribution is -0.385. The summed E-state index contributed by atoms with van der Waals surface area (Å²) in [4.78, 5) is 28.4. The number of nitrogens with one attached hydrogen (secondary N) is 1. The zero-order valence-corrected chi connectivity index (χ0v) is 13.8. The number of nitro benzene ring substituents is 1. The molecule has 0 spiro atoms. The van der Waals surface area contributed by atoms with Gasteiger partial charge in [0, 0.05) is 22.1 Å². The lowest BCUT2D eigenvalue weighted by Crippen LogP contribution is -2.12. The highest BCUT2D eigenvalue weighted by Crippen LogP contribution is 2.32. The Kier molecular flexibility index (Phi) is 4.12. The van der Waals surface area contributed by atoms with Crippen molar-refractivity contribution in [3.8, 4) is 0 Å². The number of carbonyl (C=O) groups is 1. The molecule has 1 atom stereocenters. The van der Waals surface area contributed by atoms with Gasteiger partial charge in [-0.3, -0.25) is 20.2 Å².